The molecule has 9 heteroatoms. The largest absolute Gasteiger partial charge is 0.478 e. The standard InChI is InChI=1S/C12H9ClN2O2.C6H4FNO2/c13-8-1-3-9(4-2-8)15-11-7-14-6-5-10(11)12(16)17;7-5-3-8-2-1-4(5)6(9)10/h1-7,15H,(H,16,17);1-3H,(H,9,10). The molecule has 0 amide bonds. The number of carboxylic acids is 2. The van der Waals surface area contributed by atoms with Crippen LogP contribution in [0.1, 0.15) is 20.7 Å². The fraction of sp³-hybridized carbons (Fsp3) is 0. The maximum Gasteiger partial charge on any atom is 0.338 e. The van der Waals surface area contributed by atoms with Crippen LogP contribution in [0.4, 0.5) is 15.8 Å². The molecule has 7 nitrogen and oxygen atoms in total. The second kappa shape index (κ2) is 9.25. The van der Waals surface area contributed by atoms with Crippen molar-refractivity contribution in [2.75, 3.05) is 5.32 Å². The molecular weight excluding hydrogens is 377 g/mol. The minimum absolute atomic E-state index is 0.176. The Morgan fingerprint density at radius 3 is 1.96 bits per heavy atom. The van der Waals surface area contributed by atoms with Gasteiger partial charge in [0.2, 0.25) is 0 Å². The SMILES string of the molecule is O=C(O)c1ccncc1F.O=C(O)c1ccncc1Nc1ccc(Cl)cc1. The number of hydrogen-bond donors (Lipinski definition) is 3. The number of pyridine rings is 2. The highest BCUT2D eigenvalue weighted by Crippen LogP contribution is 2.21. The fourth-order valence-corrected chi connectivity index (χ4v) is 2.04. The summed E-state index contributed by atoms with van der Waals surface area (Å²) < 4.78 is 12.4. The predicted molar refractivity (Wildman–Crippen MR) is 97.1 cm³/mol. The van der Waals surface area contributed by atoms with Gasteiger partial charge in [0.15, 0.2) is 5.82 Å². The van der Waals surface area contributed by atoms with Crippen molar-refractivity contribution >= 4 is 34.9 Å². The van der Waals surface area contributed by atoms with E-state index < -0.39 is 17.8 Å². The molecular formula is C18H13ClFN3O4. The van der Waals surface area contributed by atoms with Crippen LogP contribution in [0.15, 0.2) is 61.2 Å². The van der Waals surface area contributed by atoms with E-state index in [2.05, 4.69) is 15.3 Å². The summed E-state index contributed by atoms with van der Waals surface area (Å²) in [4.78, 5) is 28.4. The summed E-state index contributed by atoms with van der Waals surface area (Å²) in [6.07, 6.45) is 5.00. The smallest absolute Gasteiger partial charge is 0.338 e. The Labute approximate surface area is 158 Å². The van der Waals surface area contributed by atoms with Crippen LogP contribution in [0.3, 0.4) is 0 Å². The van der Waals surface area contributed by atoms with Crippen molar-refractivity contribution in [1.29, 1.82) is 0 Å². The number of nitrogens with zero attached hydrogens (tertiary/aromatic N) is 2. The maximum absolute atomic E-state index is 12.4. The minimum Gasteiger partial charge on any atom is -0.478 e. The van der Waals surface area contributed by atoms with Gasteiger partial charge in [0.25, 0.3) is 0 Å². The molecule has 0 saturated heterocycles. The molecule has 3 aromatic rings. The summed E-state index contributed by atoms with van der Waals surface area (Å²) in [5.41, 5.74) is 1.03. The molecule has 0 aliphatic rings. The van der Waals surface area contributed by atoms with Gasteiger partial charge in [-0.25, -0.2) is 14.0 Å². The number of aromatic carboxylic acids is 2. The third kappa shape index (κ3) is 5.75. The Morgan fingerprint density at radius 2 is 1.44 bits per heavy atom. The molecule has 2 aromatic heterocycles. The number of benzene rings is 1. The van der Waals surface area contributed by atoms with E-state index in [-0.39, 0.29) is 11.1 Å². The van der Waals surface area contributed by atoms with Gasteiger partial charge in [-0.2, -0.15) is 0 Å². The summed E-state index contributed by atoms with van der Waals surface area (Å²) in [5, 5.41) is 20.9. The molecule has 27 heavy (non-hydrogen) atoms. The third-order valence-corrected chi connectivity index (χ3v) is 3.43. The van der Waals surface area contributed by atoms with Crippen LogP contribution in [0.25, 0.3) is 0 Å². The molecule has 0 radical (unpaired) electrons. The number of rotatable bonds is 4. The Morgan fingerprint density at radius 1 is 0.889 bits per heavy atom. The lowest BCUT2D eigenvalue weighted by atomic mass is 10.2. The molecule has 138 valence electrons. The molecule has 0 fully saturated rings. The van der Waals surface area contributed by atoms with Gasteiger partial charge < -0.3 is 15.5 Å². The van der Waals surface area contributed by atoms with Crippen LogP contribution in [-0.4, -0.2) is 32.1 Å². The summed E-state index contributed by atoms with van der Waals surface area (Å²) in [7, 11) is 0. The van der Waals surface area contributed by atoms with Crippen molar-refractivity contribution in [2.24, 2.45) is 0 Å². The molecule has 0 spiro atoms. The van der Waals surface area contributed by atoms with E-state index in [0.29, 0.717) is 10.7 Å². The molecule has 0 aliphatic heterocycles. The lowest BCUT2D eigenvalue weighted by Gasteiger charge is -2.08. The van der Waals surface area contributed by atoms with E-state index in [1.54, 1.807) is 24.3 Å². The van der Waals surface area contributed by atoms with Crippen LogP contribution < -0.4 is 5.32 Å². The highest BCUT2D eigenvalue weighted by Gasteiger charge is 2.09. The molecule has 1 aromatic carbocycles. The van der Waals surface area contributed by atoms with Crippen LogP contribution in [0.5, 0.6) is 0 Å². The highest BCUT2D eigenvalue weighted by molar-refractivity contribution is 6.30. The first-order valence-corrected chi connectivity index (χ1v) is 7.79. The second-order valence-electron chi connectivity index (χ2n) is 5.02. The van der Waals surface area contributed by atoms with E-state index in [1.807, 2.05) is 0 Å². The summed E-state index contributed by atoms with van der Waals surface area (Å²) >= 11 is 5.76. The average Bonchev–Trinajstić information content (AvgIpc) is 2.64. The predicted octanol–water partition coefficient (Wildman–Crippen LogP) is 4.10. The molecule has 0 aliphatic carbocycles. The van der Waals surface area contributed by atoms with Crippen LogP contribution in [0, 0.1) is 5.82 Å². The normalized spacial score (nSPS) is 9.70. The van der Waals surface area contributed by atoms with Gasteiger partial charge in [-0.1, -0.05) is 11.6 Å². The molecule has 0 atom stereocenters. The molecule has 3 rings (SSSR count). The summed E-state index contributed by atoms with van der Waals surface area (Å²) in [6, 6.07) is 9.53. The summed E-state index contributed by atoms with van der Waals surface area (Å²) in [5.74, 6) is -3.08. The molecule has 0 bridgehead atoms. The van der Waals surface area contributed by atoms with Crippen molar-refractivity contribution < 1.29 is 24.2 Å². The first-order valence-electron chi connectivity index (χ1n) is 7.41. The lowest BCUT2D eigenvalue weighted by Crippen LogP contribution is -2.02. The first kappa shape index (κ1) is 19.8. The zero-order chi connectivity index (χ0) is 19.8. The average molecular weight is 390 g/mol. The van der Waals surface area contributed by atoms with Crippen molar-refractivity contribution in [3.05, 3.63) is 83.2 Å². The third-order valence-electron chi connectivity index (χ3n) is 3.18. The number of nitrogens with one attached hydrogen (secondary N) is 1. The van der Waals surface area contributed by atoms with E-state index in [1.165, 1.54) is 24.7 Å². The topological polar surface area (TPSA) is 112 Å². The minimum atomic E-state index is -1.28. The van der Waals surface area contributed by atoms with Crippen LogP contribution in [0.2, 0.25) is 5.02 Å². The van der Waals surface area contributed by atoms with Gasteiger partial charge in [-0.05, 0) is 36.4 Å². The number of anilines is 2. The van der Waals surface area contributed by atoms with Gasteiger partial charge in [-0.15, -0.1) is 0 Å². The monoisotopic (exact) mass is 389 g/mol. The second-order valence-corrected chi connectivity index (χ2v) is 5.46. The van der Waals surface area contributed by atoms with Crippen molar-refractivity contribution in [3.8, 4) is 0 Å². The van der Waals surface area contributed by atoms with Gasteiger partial charge in [0, 0.05) is 23.1 Å². The van der Waals surface area contributed by atoms with Crippen LogP contribution in [-0.2, 0) is 0 Å². The van der Waals surface area contributed by atoms with Crippen molar-refractivity contribution in [2.45, 2.75) is 0 Å². The van der Waals surface area contributed by atoms with Crippen molar-refractivity contribution in [1.82, 2.24) is 9.97 Å². The Hall–Kier alpha value is -3.52. The fourth-order valence-electron chi connectivity index (χ4n) is 1.92. The quantitative estimate of drug-likeness (QED) is 0.615. The Bertz CT molecular complexity index is 951. The number of aromatic nitrogens is 2. The number of carbonyl (C=O) groups is 2. The van der Waals surface area contributed by atoms with E-state index >= 15 is 0 Å². The van der Waals surface area contributed by atoms with Gasteiger partial charge in [0.1, 0.15) is 0 Å². The molecule has 3 N–H and O–H groups in total. The molecule has 2 heterocycles. The summed E-state index contributed by atoms with van der Waals surface area (Å²) in [6.45, 7) is 0. The molecule has 0 unspecified atom stereocenters. The van der Waals surface area contributed by atoms with Gasteiger partial charge in [-0.3, -0.25) is 9.97 Å². The van der Waals surface area contributed by atoms with Gasteiger partial charge in [0.05, 0.1) is 29.2 Å². The van der Waals surface area contributed by atoms with Crippen molar-refractivity contribution in [3.63, 3.8) is 0 Å². The van der Waals surface area contributed by atoms with Crippen LogP contribution >= 0.6 is 11.6 Å². The number of hydrogen-bond acceptors (Lipinski definition) is 5. The Balaban J connectivity index is 0.000000223. The lowest BCUT2D eigenvalue weighted by molar-refractivity contribution is 0.0683. The first-order chi connectivity index (χ1) is 12.9. The number of carboxylic acid groups (broad SMARTS) is 2. The number of halogens is 2. The van der Waals surface area contributed by atoms with Gasteiger partial charge >= 0.3 is 11.9 Å². The Kier molecular flexibility index (Phi) is 6.79. The zero-order valence-electron chi connectivity index (χ0n) is 13.6. The van der Waals surface area contributed by atoms with E-state index in [4.69, 9.17) is 21.8 Å². The van der Waals surface area contributed by atoms with E-state index in [9.17, 15) is 14.0 Å². The molecule has 0 saturated carbocycles. The van der Waals surface area contributed by atoms with E-state index in [0.717, 1.165) is 18.0 Å². The maximum atomic E-state index is 12.4. The highest BCUT2D eigenvalue weighted by atomic mass is 35.5. The zero-order valence-corrected chi connectivity index (χ0v) is 14.4.